The maximum absolute atomic E-state index is 12.4. The summed E-state index contributed by atoms with van der Waals surface area (Å²) in [5, 5.41) is 3.46. The zero-order valence-electron chi connectivity index (χ0n) is 11.1. The van der Waals surface area contributed by atoms with Crippen molar-refractivity contribution in [1.82, 2.24) is 4.98 Å². The molecule has 0 saturated carbocycles. The first-order valence-electron chi connectivity index (χ1n) is 6.42. The van der Waals surface area contributed by atoms with Crippen LogP contribution in [0.3, 0.4) is 0 Å². The number of carbonyl (C=O) groups excluding carboxylic acids is 1. The molecule has 2 aromatic carbocycles. The molecule has 1 amide bonds. The Labute approximate surface area is 120 Å². The zero-order valence-corrected chi connectivity index (χ0v) is 11.1. The minimum Gasteiger partial charge on any atom is -0.399 e. The Balaban J connectivity index is 2.01. The molecule has 1 aromatic heterocycles. The molecule has 0 bridgehead atoms. The van der Waals surface area contributed by atoms with E-state index in [-0.39, 0.29) is 11.5 Å². The van der Waals surface area contributed by atoms with Crippen LogP contribution < -0.4 is 16.6 Å². The van der Waals surface area contributed by atoms with Crippen molar-refractivity contribution in [2.24, 2.45) is 0 Å². The van der Waals surface area contributed by atoms with Crippen LogP contribution in [-0.2, 0) is 0 Å². The number of nitrogen functional groups attached to an aromatic ring is 1. The molecule has 5 heteroatoms. The van der Waals surface area contributed by atoms with E-state index >= 15 is 0 Å². The molecule has 0 saturated heterocycles. The topological polar surface area (TPSA) is 88.0 Å². The van der Waals surface area contributed by atoms with E-state index in [0.717, 1.165) is 0 Å². The molecule has 4 N–H and O–H groups in total. The number of aromatic amines is 1. The van der Waals surface area contributed by atoms with Gasteiger partial charge in [-0.3, -0.25) is 9.59 Å². The van der Waals surface area contributed by atoms with E-state index in [0.29, 0.717) is 27.8 Å². The van der Waals surface area contributed by atoms with Crippen LogP contribution in [0.15, 0.2) is 59.4 Å². The minimum absolute atomic E-state index is 0.309. The number of aromatic nitrogens is 1. The number of anilines is 2. The summed E-state index contributed by atoms with van der Waals surface area (Å²) >= 11 is 0. The fraction of sp³-hybridized carbons (Fsp3) is 0. The quantitative estimate of drug-likeness (QED) is 0.629. The molecule has 0 aliphatic rings. The fourth-order valence-corrected chi connectivity index (χ4v) is 2.16. The summed E-state index contributed by atoms with van der Waals surface area (Å²) in [6, 6.07) is 15.3. The Kier molecular flexibility index (Phi) is 3.16. The lowest BCUT2D eigenvalue weighted by molar-refractivity contribution is 0.102. The van der Waals surface area contributed by atoms with Crippen LogP contribution in [0.1, 0.15) is 10.4 Å². The lowest BCUT2D eigenvalue weighted by Gasteiger charge is -2.08. The van der Waals surface area contributed by atoms with Crippen molar-refractivity contribution in [3.63, 3.8) is 0 Å². The minimum atomic E-state index is -0.331. The van der Waals surface area contributed by atoms with Crippen LogP contribution in [0.25, 0.3) is 10.9 Å². The Hall–Kier alpha value is -3.08. The van der Waals surface area contributed by atoms with E-state index in [2.05, 4.69) is 10.3 Å². The van der Waals surface area contributed by atoms with E-state index in [9.17, 15) is 9.59 Å². The summed E-state index contributed by atoms with van der Waals surface area (Å²) in [5.74, 6) is -0.331. The first-order chi connectivity index (χ1) is 10.1. The van der Waals surface area contributed by atoms with Crippen molar-refractivity contribution < 1.29 is 4.79 Å². The molecular weight excluding hydrogens is 266 g/mol. The Morgan fingerprint density at radius 1 is 1.05 bits per heavy atom. The van der Waals surface area contributed by atoms with Gasteiger partial charge in [-0.05, 0) is 30.3 Å². The highest BCUT2D eigenvalue weighted by molar-refractivity contribution is 6.12. The normalized spacial score (nSPS) is 10.5. The molecule has 0 aliphatic heterocycles. The summed E-state index contributed by atoms with van der Waals surface area (Å²) in [5.41, 5.74) is 7.51. The highest BCUT2D eigenvalue weighted by Gasteiger charge is 2.11. The van der Waals surface area contributed by atoms with Gasteiger partial charge in [-0.25, -0.2) is 0 Å². The predicted molar refractivity (Wildman–Crippen MR) is 83.4 cm³/mol. The molecule has 104 valence electrons. The second kappa shape index (κ2) is 5.13. The van der Waals surface area contributed by atoms with Gasteiger partial charge in [0.25, 0.3) is 5.91 Å². The van der Waals surface area contributed by atoms with Gasteiger partial charge in [0.1, 0.15) is 0 Å². The first kappa shape index (κ1) is 12.9. The maximum Gasteiger partial charge on any atom is 0.256 e. The smallest absolute Gasteiger partial charge is 0.256 e. The van der Waals surface area contributed by atoms with Crippen LogP contribution in [0.5, 0.6) is 0 Å². The van der Waals surface area contributed by atoms with E-state index in [1.165, 1.54) is 6.07 Å². The SMILES string of the molecule is Nc1ccc(NC(=O)c2cc(=O)[nH]c3ccccc23)cc1. The van der Waals surface area contributed by atoms with E-state index < -0.39 is 0 Å². The van der Waals surface area contributed by atoms with E-state index in [1.807, 2.05) is 6.07 Å². The average molecular weight is 279 g/mol. The first-order valence-corrected chi connectivity index (χ1v) is 6.42. The number of para-hydroxylation sites is 1. The highest BCUT2D eigenvalue weighted by atomic mass is 16.2. The number of nitrogens with two attached hydrogens (primary N) is 1. The van der Waals surface area contributed by atoms with Gasteiger partial charge in [0.2, 0.25) is 5.56 Å². The van der Waals surface area contributed by atoms with Crippen molar-refractivity contribution in [3.05, 3.63) is 70.5 Å². The molecule has 0 radical (unpaired) electrons. The van der Waals surface area contributed by atoms with Crippen molar-refractivity contribution >= 4 is 28.2 Å². The van der Waals surface area contributed by atoms with Crippen molar-refractivity contribution in [1.29, 1.82) is 0 Å². The Bertz CT molecular complexity index is 867. The number of hydrogen-bond donors (Lipinski definition) is 3. The zero-order chi connectivity index (χ0) is 14.8. The largest absolute Gasteiger partial charge is 0.399 e. The van der Waals surface area contributed by atoms with Crippen molar-refractivity contribution in [3.8, 4) is 0 Å². The molecule has 0 fully saturated rings. The molecule has 21 heavy (non-hydrogen) atoms. The molecule has 0 unspecified atom stereocenters. The standard InChI is InChI=1S/C16H13N3O2/c17-10-5-7-11(8-6-10)18-16(21)13-9-15(20)19-14-4-2-1-3-12(13)14/h1-9H,17H2,(H,18,21)(H,19,20). The molecule has 5 nitrogen and oxygen atoms in total. The molecular formula is C16H13N3O2. The summed E-state index contributed by atoms with van der Waals surface area (Å²) in [7, 11) is 0. The summed E-state index contributed by atoms with van der Waals surface area (Å²) in [6.07, 6.45) is 0. The fourth-order valence-electron chi connectivity index (χ4n) is 2.16. The number of pyridine rings is 1. The van der Waals surface area contributed by atoms with Crippen molar-refractivity contribution in [2.75, 3.05) is 11.1 Å². The highest BCUT2D eigenvalue weighted by Crippen LogP contribution is 2.17. The lowest BCUT2D eigenvalue weighted by Crippen LogP contribution is -2.16. The van der Waals surface area contributed by atoms with Gasteiger partial charge in [-0.15, -0.1) is 0 Å². The monoisotopic (exact) mass is 279 g/mol. The number of hydrogen-bond acceptors (Lipinski definition) is 3. The molecule has 1 heterocycles. The third-order valence-electron chi connectivity index (χ3n) is 3.16. The second-order valence-electron chi connectivity index (χ2n) is 4.67. The van der Waals surface area contributed by atoms with Gasteiger partial charge in [0.15, 0.2) is 0 Å². The molecule has 0 spiro atoms. The van der Waals surface area contributed by atoms with Gasteiger partial charge >= 0.3 is 0 Å². The summed E-state index contributed by atoms with van der Waals surface area (Å²) in [4.78, 5) is 26.7. The summed E-state index contributed by atoms with van der Waals surface area (Å²) < 4.78 is 0. The number of carbonyl (C=O) groups is 1. The maximum atomic E-state index is 12.4. The number of amides is 1. The number of fused-ring (bicyclic) bond motifs is 1. The van der Waals surface area contributed by atoms with Crippen LogP contribution in [0.4, 0.5) is 11.4 Å². The van der Waals surface area contributed by atoms with Crippen LogP contribution in [-0.4, -0.2) is 10.9 Å². The molecule has 0 aliphatic carbocycles. The van der Waals surface area contributed by atoms with Crippen LogP contribution in [0, 0.1) is 0 Å². The van der Waals surface area contributed by atoms with E-state index in [4.69, 9.17) is 5.73 Å². The Morgan fingerprint density at radius 3 is 2.52 bits per heavy atom. The van der Waals surface area contributed by atoms with Gasteiger partial charge in [-0.1, -0.05) is 18.2 Å². The van der Waals surface area contributed by atoms with Gasteiger partial charge in [0.05, 0.1) is 5.56 Å². The Morgan fingerprint density at radius 2 is 1.76 bits per heavy atom. The van der Waals surface area contributed by atoms with Crippen LogP contribution >= 0.6 is 0 Å². The van der Waals surface area contributed by atoms with Crippen molar-refractivity contribution in [2.45, 2.75) is 0 Å². The molecule has 3 rings (SSSR count). The number of H-pyrrole nitrogens is 1. The number of nitrogens with one attached hydrogen (secondary N) is 2. The van der Waals surface area contributed by atoms with E-state index in [1.54, 1.807) is 42.5 Å². The summed E-state index contributed by atoms with van der Waals surface area (Å²) in [6.45, 7) is 0. The second-order valence-corrected chi connectivity index (χ2v) is 4.67. The van der Waals surface area contributed by atoms with Gasteiger partial charge in [0, 0.05) is 28.3 Å². The molecule has 3 aromatic rings. The third-order valence-corrected chi connectivity index (χ3v) is 3.16. The number of rotatable bonds is 2. The molecule has 0 atom stereocenters. The van der Waals surface area contributed by atoms with Crippen LogP contribution in [0.2, 0.25) is 0 Å². The van der Waals surface area contributed by atoms with Gasteiger partial charge in [-0.2, -0.15) is 0 Å². The lowest BCUT2D eigenvalue weighted by atomic mass is 10.1. The predicted octanol–water partition coefficient (Wildman–Crippen LogP) is 2.36. The number of benzene rings is 2. The average Bonchev–Trinajstić information content (AvgIpc) is 2.48. The van der Waals surface area contributed by atoms with Gasteiger partial charge < -0.3 is 16.0 Å². The third kappa shape index (κ3) is 2.62.